The molecule has 0 spiro atoms. The Hall–Kier alpha value is -1.04. The van der Waals surface area contributed by atoms with Crippen LogP contribution in [0, 0.1) is 13.8 Å². The Balaban J connectivity index is 2.23. The number of thiophene rings is 1. The first-order valence-electron chi connectivity index (χ1n) is 4.76. The van der Waals surface area contributed by atoms with Gasteiger partial charge in [-0.3, -0.25) is 9.89 Å². The normalized spacial score (nSPS) is 10.6. The minimum Gasteiger partial charge on any atom is -0.305 e. The molecule has 0 bridgehead atoms. The average molecular weight is 290 g/mol. The molecule has 0 aliphatic carbocycles. The van der Waals surface area contributed by atoms with Crippen LogP contribution in [0.2, 0.25) is 8.67 Å². The number of hydrogen-bond donors (Lipinski definition) is 2. The zero-order valence-electron chi connectivity index (χ0n) is 9.10. The van der Waals surface area contributed by atoms with Crippen molar-refractivity contribution >= 4 is 46.3 Å². The molecule has 1 amide bonds. The van der Waals surface area contributed by atoms with Gasteiger partial charge in [-0.2, -0.15) is 5.10 Å². The molecule has 90 valence electrons. The molecule has 0 saturated heterocycles. The fraction of sp³-hybridized carbons (Fsp3) is 0.200. The summed E-state index contributed by atoms with van der Waals surface area (Å²) in [6.07, 6.45) is 0. The maximum atomic E-state index is 11.9. The van der Waals surface area contributed by atoms with Crippen LogP contribution in [0.15, 0.2) is 6.07 Å². The van der Waals surface area contributed by atoms with E-state index in [4.69, 9.17) is 23.2 Å². The number of aromatic nitrogens is 2. The number of aromatic amines is 1. The van der Waals surface area contributed by atoms with E-state index in [-0.39, 0.29) is 5.91 Å². The molecule has 2 heterocycles. The van der Waals surface area contributed by atoms with Crippen molar-refractivity contribution in [2.45, 2.75) is 13.8 Å². The topological polar surface area (TPSA) is 57.8 Å². The van der Waals surface area contributed by atoms with Crippen molar-refractivity contribution in [1.29, 1.82) is 0 Å². The molecular weight excluding hydrogens is 281 g/mol. The highest BCUT2D eigenvalue weighted by atomic mass is 35.5. The second kappa shape index (κ2) is 4.68. The largest absolute Gasteiger partial charge is 0.305 e. The standard InChI is InChI=1S/C10H9Cl2N3OS/c1-4-5(2)14-15-9(4)13-10(16)6-3-7(11)17-8(6)12/h3H,1-2H3,(H2,13,14,15,16). The lowest BCUT2D eigenvalue weighted by Crippen LogP contribution is -2.12. The molecule has 0 atom stereocenters. The van der Waals surface area contributed by atoms with E-state index >= 15 is 0 Å². The molecule has 0 radical (unpaired) electrons. The highest BCUT2D eigenvalue weighted by Gasteiger charge is 2.16. The van der Waals surface area contributed by atoms with Gasteiger partial charge in [0.25, 0.3) is 5.91 Å². The molecule has 0 fully saturated rings. The quantitative estimate of drug-likeness (QED) is 0.887. The number of H-pyrrole nitrogens is 1. The summed E-state index contributed by atoms with van der Waals surface area (Å²) >= 11 is 12.8. The average Bonchev–Trinajstić information content (AvgIpc) is 2.75. The highest BCUT2D eigenvalue weighted by molar-refractivity contribution is 7.20. The lowest BCUT2D eigenvalue weighted by molar-refractivity contribution is 0.102. The fourth-order valence-corrected chi connectivity index (χ4v) is 2.74. The molecule has 2 aromatic heterocycles. The van der Waals surface area contributed by atoms with Gasteiger partial charge in [-0.25, -0.2) is 0 Å². The lowest BCUT2D eigenvalue weighted by Gasteiger charge is -2.01. The Labute approximate surface area is 112 Å². The van der Waals surface area contributed by atoms with Gasteiger partial charge in [0.15, 0.2) is 5.82 Å². The first-order chi connectivity index (χ1) is 7.99. The predicted molar refractivity (Wildman–Crippen MR) is 70.4 cm³/mol. The number of rotatable bonds is 2. The van der Waals surface area contributed by atoms with E-state index in [0.29, 0.717) is 20.1 Å². The van der Waals surface area contributed by atoms with Gasteiger partial charge in [0.1, 0.15) is 4.34 Å². The van der Waals surface area contributed by atoms with E-state index in [1.165, 1.54) is 0 Å². The fourth-order valence-electron chi connectivity index (χ4n) is 1.28. The van der Waals surface area contributed by atoms with E-state index in [9.17, 15) is 4.79 Å². The molecule has 0 aliphatic heterocycles. The first kappa shape index (κ1) is 12.4. The number of aryl methyl sites for hydroxylation is 1. The van der Waals surface area contributed by atoms with Gasteiger partial charge in [0.2, 0.25) is 0 Å². The number of nitrogens with zero attached hydrogens (tertiary/aromatic N) is 1. The monoisotopic (exact) mass is 289 g/mol. The zero-order valence-corrected chi connectivity index (χ0v) is 11.4. The summed E-state index contributed by atoms with van der Waals surface area (Å²) in [5.41, 5.74) is 2.17. The molecule has 0 unspecified atom stereocenters. The van der Waals surface area contributed by atoms with Crippen LogP contribution in [-0.4, -0.2) is 16.1 Å². The predicted octanol–water partition coefficient (Wildman–Crippen LogP) is 3.65. The molecule has 0 aliphatic rings. The first-order valence-corrected chi connectivity index (χ1v) is 6.34. The molecule has 2 aromatic rings. The van der Waals surface area contributed by atoms with Gasteiger partial charge in [0, 0.05) is 11.3 Å². The van der Waals surface area contributed by atoms with E-state index < -0.39 is 0 Å². The Morgan fingerprint density at radius 1 is 1.47 bits per heavy atom. The molecule has 0 aromatic carbocycles. The third-order valence-electron chi connectivity index (χ3n) is 2.39. The summed E-state index contributed by atoms with van der Waals surface area (Å²) in [5, 5.41) is 9.46. The maximum Gasteiger partial charge on any atom is 0.259 e. The second-order valence-electron chi connectivity index (χ2n) is 3.51. The van der Waals surface area contributed by atoms with Crippen molar-refractivity contribution in [2.24, 2.45) is 0 Å². The number of nitrogens with one attached hydrogen (secondary N) is 2. The molecule has 0 saturated carbocycles. The van der Waals surface area contributed by atoms with Crippen LogP contribution < -0.4 is 5.32 Å². The van der Waals surface area contributed by atoms with E-state index in [1.807, 2.05) is 13.8 Å². The number of anilines is 1. The molecule has 7 heteroatoms. The third kappa shape index (κ3) is 2.46. The van der Waals surface area contributed by atoms with Crippen LogP contribution in [0.25, 0.3) is 0 Å². The number of carbonyl (C=O) groups is 1. The summed E-state index contributed by atoms with van der Waals surface area (Å²) in [7, 11) is 0. The van der Waals surface area contributed by atoms with Crippen molar-refractivity contribution in [2.75, 3.05) is 5.32 Å². The number of halogens is 2. The molecule has 2 N–H and O–H groups in total. The third-order valence-corrected chi connectivity index (χ3v) is 3.87. The zero-order chi connectivity index (χ0) is 12.6. The summed E-state index contributed by atoms with van der Waals surface area (Å²) in [6.45, 7) is 3.75. The number of hydrogen-bond acceptors (Lipinski definition) is 3. The van der Waals surface area contributed by atoms with E-state index in [2.05, 4.69) is 15.5 Å². The van der Waals surface area contributed by atoms with Crippen LogP contribution in [-0.2, 0) is 0 Å². The van der Waals surface area contributed by atoms with E-state index in [1.54, 1.807) is 6.07 Å². The van der Waals surface area contributed by atoms with Gasteiger partial charge in [0.05, 0.1) is 9.90 Å². The van der Waals surface area contributed by atoms with Crippen LogP contribution >= 0.6 is 34.5 Å². The molecule has 17 heavy (non-hydrogen) atoms. The van der Waals surface area contributed by atoms with E-state index in [0.717, 1.165) is 22.6 Å². The Kier molecular flexibility index (Phi) is 3.42. The maximum absolute atomic E-state index is 11.9. The van der Waals surface area contributed by atoms with Crippen molar-refractivity contribution < 1.29 is 4.79 Å². The van der Waals surface area contributed by atoms with Crippen molar-refractivity contribution in [3.8, 4) is 0 Å². The van der Waals surface area contributed by atoms with Gasteiger partial charge >= 0.3 is 0 Å². The molecule has 4 nitrogen and oxygen atoms in total. The minimum atomic E-state index is -0.312. The summed E-state index contributed by atoms with van der Waals surface area (Å²) < 4.78 is 0.854. The Bertz CT molecular complexity index is 576. The van der Waals surface area contributed by atoms with Crippen LogP contribution in [0.1, 0.15) is 21.6 Å². The Morgan fingerprint density at radius 2 is 2.18 bits per heavy atom. The SMILES string of the molecule is Cc1[nH]nc(NC(=O)c2cc(Cl)sc2Cl)c1C. The summed E-state index contributed by atoms with van der Waals surface area (Å²) in [4.78, 5) is 11.9. The summed E-state index contributed by atoms with van der Waals surface area (Å²) in [6, 6.07) is 1.54. The van der Waals surface area contributed by atoms with Crippen LogP contribution in [0.5, 0.6) is 0 Å². The van der Waals surface area contributed by atoms with Gasteiger partial charge in [-0.1, -0.05) is 23.2 Å². The second-order valence-corrected chi connectivity index (χ2v) is 5.80. The van der Waals surface area contributed by atoms with Gasteiger partial charge < -0.3 is 5.32 Å². The van der Waals surface area contributed by atoms with Crippen LogP contribution in [0.3, 0.4) is 0 Å². The van der Waals surface area contributed by atoms with Crippen molar-refractivity contribution in [1.82, 2.24) is 10.2 Å². The number of carbonyl (C=O) groups excluding carboxylic acids is 1. The van der Waals surface area contributed by atoms with Gasteiger partial charge in [-0.05, 0) is 19.9 Å². The smallest absolute Gasteiger partial charge is 0.259 e. The number of amides is 1. The lowest BCUT2D eigenvalue weighted by atomic mass is 10.2. The minimum absolute atomic E-state index is 0.312. The molecular formula is C10H9Cl2N3OS. The summed E-state index contributed by atoms with van der Waals surface area (Å²) in [5.74, 6) is 0.193. The highest BCUT2D eigenvalue weighted by Crippen LogP contribution is 2.31. The molecule has 2 rings (SSSR count). The van der Waals surface area contributed by atoms with Crippen molar-refractivity contribution in [3.05, 3.63) is 31.6 Å². The van der Waals surface area contributed by atoms with Crippen molar-refractivity contribution in [3.63, 3.8) is 0 Å². The van der Waals surface area contributed by atoms with Gasteiger partial charge in [-0.15, -0.1) is 11.3 Å². The Morgan fingerprint density at radius 3 is 2.65 bits per heavy atom. The van der Waals surface area contributed by atoms with Crippen LogP contribution in [0.4, 0.5) is 5.82 Å².